The Labute approximate surface area is 208 Å². The second kappa shape index (κ2) is 10.9. The van der Waals surface area contributed by atoms with E-state index in [0.717, 1.165) is 10.5 Å². The number of esters is 1. The Morgan fingerprint density at radius 3 is 2.19 bits per heavy atom. The molecule has 36 heavy (non-hydrogen) atoms. The quantitative estimate of drug-likeness (QED) is 0.363. The fourth-order valence-corrected chi connectivity index (χ4v) is 4.00. The number of nitrogens with one attached hydrogen (secondary N) is 1. The predicted molar refractivity (Wildman–Crippen MR) is 132 cm³/mol. The molecule has 184 valence electrons. The number of carbonyl (C=O) groups excluding carboxylic acids is 4. The van der Waals surface area contributed by atoms with Gasteiger partial charge in [-0.15, -0.1) is 0 Å². The molecule has 4 rings (SSSR count). The maximum Gasteiger partial charge on any atom is 0.342 e. The summed E-state index contributed by atoms with van der Waals surface area (Å²) in [6, 6.07) is 20.6. The van der Waals surface area contributed by atoms with Crippen LogP contribution in [0.5, 0.6) is 5.75 Å². The smallest absolute Gasteiger partial charge is 0.342 e. The molecule has 8 heteroatoms. The van der Waals surface area contributed by atoms with Crippen molar-refractivity contribution >= 4 is 23.7 Å². The average Bonchev–Trinajstić information content (AvgIpc) is 3.13. The van der Waals surface area contributed by atoms with Crippen molar-refractivity contribution in [2.75, 3.05) is 13.2 Å². The van der Waals surface area contributed by atoms with Crippen molar-refractivity contribution in [3.8, 4) is 5.75 Å². The molecule has 3 amide bonds. The van der Waals surface area contributed by atoms with Crippen LogP contribution in [0, 0.1) is 0 Å². The second-order valence-corrected chi connectivity index (χ2v) is 8.28. The van der Waals surface area contributed by atoms with Crippen LogP contribution < -0.4 is 10.1 Å². The van der Waals surface area contributed by atoms with E-state index in [0.29, 0.717) is 23.3 Å². The normalized spacial score (nSPS) is 13.2. The van der Waals surface area contributed by atoms with Crippen LogP contribution in [0.4, 0.5) is 0 Å². The number of fused-ring (bicyclic) bond motifs is 1. The topological polar surface area (TPSA) is 102 Å². The van der Waals surface area contributed by atoms with Crippen LogP contribution in [0.25, 0.3) is 0 Å². The number of amides is 3. The van der Waals surface area contributed by atoms with Crippen LogP contribution in [0.3, 0.4) is 0 Å². The third-order valence-electron chi connectivity index (χ3n) is 5.79. The Bertz CT molecular complexity index is 1270. The number of nitrogens with zero attached hydrogens (tertiary/aromatic N) is 1. The highest BCUT2D eigenvalue weighted by Gasteiger charge is 2.35. The molecule has 1 N–H and O–H groups in total. The molecule has 0 radical (unpaired) electrons. The highest BCUT2D eigenvalue weighted by molar-refractivity contribution is 6.21. The fraction of sp³-hybridized carbons (Fsp3) is 0.214. The molecule has 0 aliphatic carbocycles. The van der Waals surface area contributed by atoms with Crippen molar-refractivity contribution in [3.05, 3.63) is 101 Å². The average molecular weight is 487 g/mol. The Hall–Kier alpha value is -4.46. The lowest BCUT2D eigenvalue weighted by Crippen LogP contribution is -2.31. The summed E-state index contributed by atoms with van der Waals surface area (Å²) in [5.74, 6) is -1.69. The Morgan fingerprint density at radius 1 is 0.917 bits per heavy atom. The zero-order valence-corrected chi connectivity index (χ0v) is 20.0. The summed E-state index contributed by atoms with van der Waals surface area (Å²) >= 11 is 0. The van der Waals surface area contributed by atoms with Gasteiger partial charge >= 0.3 is 5.97 Å². The van der Waals surface area contributed by atoms with E-state index < -0.39 is 30.3 Å². The minimum absolute atomic E-state index is 0.0197. The molecule has 3 aromatic carbocycles. The van der Waals surface area contributed by atoms with Gasteiger partial charge in [0.1, 0.15) is 11.3 Å². The van der Waals surface area contributed by atoms with Crippen molar-refractivity contribution in [2.24, 2.45) is 0 Å². The SMILES string of the molecule is CCOc1ccc(CN2C(=O)c3ccccc3C2=O)cc1C(=O)OCC(=O)N[C@@H](C)c1ccccc1. The number of rotatable bonds is 9. The van der Waals surface area contributed by atoms with E-state index in [1.807, 2.05) is 37.3 Å². The Morgan fingerprint density at radius 2 is 1.56 bits per heavy atom. The van der Waals surface area contributed by atoms with E-state index in [-0.39, 0.29) is 23.9 Å². The van der Waals surface area contributed by atoms with Crippen molar-refractivity contribution in [3.63, 3.8) is 0 Å². The van der Waals surface area contributed by atoms with Gasteiger partial charge in [-0.05, 0) is 49.2 Å². The first-order valence-electron chi connectivity index (χ1n) is 11.6. The highest BCUT2D eigenvalue weighted by Crippen LogP contribution is 2.27. The third-order valence-corrected chi connectivity index (χ3v) is 5.79. The fourth-order valence-electron chi connectivity index (χ4n) is 4.00. The van der Waals surface area contributed by atoms with Crippen LogP contribution in [0.2, 0.25) is 0 Å². The summed E-state index contributed by atoms with van der Waals surface area (Å²) in [6.45, 7) is 3.44. The molecular formula is C28H26N2O6. The van der Waals surface area contributed by atoms with Gasteiger partial charge in [0.05, 0.1) is 30.3 Å². The number of imide groups is 1. The van der Waals surface area contributed by atoms with Gasteiger partial charge in [-0.2, -0.15) is 0 Å². The molecule has 1 heterocycles. The predicted octanol–water partition coefficient (Wildman–Crippen LogP) is 3.92. The van der Waals surface area contributed by atoms with E-state index >= 15 is 0 Å². The van der Waals surface area contributed by atoms with E-state index in [2.05, 4.69) is 5.32 Å². The maximum atomic E-state index is 12.9. The van der Waals surface area contributed by atoms with Crippen molar-refractivity contribution < 1.29 is 28.7 Å². The minimum Gasteiger partial charge on any atom is -0.493 e. The molecule has 0 spiro atoms. The molecule has 8 nitrogen and oxygen atoms in total. The molecule has 0 bridgehead atoms. The molecule has 0 aromatic heterocycles. The van der Waals surface area contributed by atoms with Gasteiger partial charge in [0.2, 0.25) is 0 Å². The summed E-state index contributed by atoms with van der Waals surface area (Å²) in [7, 11) is 0. The summed E-state index contributed by atoms with van der Waals surface area (Å²) in [4.78, 5) is 51.8. The summed E-state index contributed by atoms with van der Waals surface area (Å²) in [5, 5.41) is 2.79. The van der Waals surface area contributed by atoms with Crippen LogP contribution in [-0.2, 0) is 16.1 Å². The second-order valence-electron chi connectivity index (χ2n) is 8.28. The Balaban J connectivity index is 1.44. The first kappa shape index (κ1) is 24.7. The van der Waals surface area contributed by atoms with Gasteiger partial charge in [0.15, 0.2) is 6.61 Å². The van der Waals surface area contributed by atoms with E-state index in [9.17, 15) is 19.2 Å². The lowest BCUT2D eigenvalue weighted by atomic mass is 10.1. The molecule has 1 atom stereocenters. The lowest BCUT2D eigenvalue weighted by molar-refractivity contribution is -0.124. The molecule has 0 saturated heterocycles. The highest BCUT2D eigenvalue weighted by atomic mass is 16.5. The van der Waals surface area contributed by atoms with Crippen LogP contribution in [0.15, 0.2) is 72.8 Å². The van der Waals surface area contributed by atoms with Crippen molar-refractivity contribution in [2.45, 2.75) is 26.4 Å². The summed E-state index contributed by atoms with van der Waals surface area (Å²) in [6.07, 6.45) is 0. The van der Waals surface area contributed by atoms with E-state index in [4.69, 9.17) is 9.47 Å². The summed E-state index contributed by atoms with van der Waals surface area (Å²) in [5.41, 5.74) is 2.28. The van der Waals surface area contributed by atoms with Crippen LogP contribution in [0.1, 0.15) is 62.1 Å². The third kappa shape index (κ3) is 5.27. The summed E-state index contributed by atoms with van der Waals surface area (Å²) < 4.78 is 10.8. The molecule has 3 aromatic rings. The number of ether oxygens (including phenoxy) is 2. The molecule has 1 aliphatic rings. The maximum absolute atomic E-state index is 12.9. The van der Waals surface area contributed by atoms with Gasteiger partial charge < -0.3 is 14.8 Å². The zero-order chi connectivity index (χ0) is 25.7. The van der Waals surface area contributed by atoms with Crippen LogP contribution >= 0.6 is 0 Å². The zero-order valence-electron chi connectivity index (χ0n) is 20.0. The first-order chi connectivity index (χ1) is 17.4. The van der Waals surface area contributed by atoms with Crippen molar-refractivity contribution in [1.29, 1.82) is 0 Å². The molecule has 0 fully saturated rings. The van der Waals surface area contributed by atoms with Gasteiger partial charge in [-0.25, -0.2) is 4.79 Å². The number of hydrogen-bond donors (Lipinski definition) is 1. The van der Waals surface area contributed by atoms with Crippen molar-refractivity contribution in [1.82, 2.24) is 10.2 Å². The standard InChI is InChI=1S/C28H26N2O6/c1-3-35-24-14-13-19(16-30-26(32)21-11-7-8-12-22(21)27(30)33)15-23(24)28(34)36-17-25(31)29-18(2)20-9-5-4-6-10-20/h4-15,18H,3,16-17H2,1-2H3,(H,29,31)/t18-/m0/s1. The van der Waals surface area contributed by atoms with Crippen LogP contribution in [-0.4, -0.2) is 41.8 Å². The van der Waals surface area contributed by atoms with Gasteiger partial charge in [0.25, 0.3) is 17.7 Å². The van der Waals surface area contributed by atoms with E-state index in [1.165, 1.54) is 6.07 Å². The van der Waals surface area contributed by atoms with E-state index in [1.54, 1.807) is 43.3 Å². The lowest BCUT2D eigenvalue weighted by Gasteiger charge is -2.17. The molecule has 0 unspecified atom stereocenters. The molecule has 0 saturated carbocycles. The number of hydrogen-bond acceptors (Lipinski definition) is 6. The molecule has 1 aliphatic heterocycles. The first-order valence-corrected chi connectivity index (χ1v) is 11.6. The minimum atomic E-state index is -0.745. The largest absolute Gasteiger partial charge is 0.493 e. The molecular weight excluding hydrogens is 460 g/mol. The Kier molecular flexibility index (Phi) is 7.44. The van der Waals surface area contributed by atoms with Gasteiger partial charge in [-0.1, -0.05) is 48.5 Å². The van der Waals surface area contributed by atoms with Gasteiger partial charge in [-0.3, -0.25) is 19.3 Å². The number of carbonyl (C=O) groups is 4. The van der Waals surface area contributed by atoms with Gasteiger partial charge in [0, 0.05) is 0 Å². The number of benzene rings is 3. The monoisotopic (exact) mass is 486 g/mol.